The molecule has 0 bridgehead atoms. The van der Waals surface area contributed by atoms with E-state index in [1.807, 2.05) is 11.8 Å². The number of thioether (sulfide) groups is 1. The molecule has 0 atom stereocenters. The monoisotopic (exact) mass is 237 g/mol. The molecule has 1 fully saturated rings. The van der Waals surface area contributed by atoms with E-state index in [1.54, 1.807) is 0 Å². The Morgan fingerprint density at radius 1 is 1.31 bits per heavy atom. The highest BCUT2D eigenvalue weighted by molar-refractivity contribution is 7.99. The van der Waals surface area contributed by atoms with Gasteiger partial charge in [-0.15, -0.1) is 11.8 Å². The molecule has 1 saturated carbocycles. The lowest BCUT2D eigenvalue weighted by molar-refractivity contribution is 0.296. The van der Waals surface area contributed by atoms with Crippen LogP contribution in [0.15, 0.2) is 29.2 Å². The summed E-state index contributed by atoms with van der Waals surface area (Å²) in [4.78, 5) is 1.35. The van der Waals surface area contributed by atoms with Gasteiger partial charge in [0.05, 0.1) is 0 Å². The minimum absolute atomic E-state index is 0.287. The number of benzene rings is 1. The predicted octanol–water partition coefficient (Wildman–Crippen LogP) is 2.41. The quantitative estimate of drug-likeness (QED) is 0.564. The molecule has 0 saturated heterocycles. The third-order valence-electron chi connectivity index (χ3n) is 2.69. The van der Waals surface area contributed by atoms with Gasteiger partial charge in [-0.05, 0) is 30.9 Å². The summed E-state index contributed by atoms with van der Waals surface area (Å²) in [6, 6.07) is 9.31. The molecular formula is C13H19NOS. The number of nitrogens with one attached hydrogen (secondary N) is 1. The molecule has 1 aliphatic carbocycles. The van der Waals surface area contributed by atoms with Crippen molar-refractivity contribution in [1.82, 2.24) is 5.32 Å². The first-order valence-electron chi connectivity index (χ1n) is 5.95. The number of aliphatic hydroxyl groups excluding tert-OH is 1. The molecule has 2 nitrogen and oxygen atoms in total. The molecule has 88 valence electrons. The molecule has 0 amide bonds. The average molecular weight is 237 g/mol. The fourth-order valence-electron chi connectivity index (χ4n) is 1.58. The Kier molecular flexibility index (Phi) is 4.69. The minimum Gasteiger partial charge on any atom is -0.396 e. The van der Waals surface area contributed by atoms with E-state index in [9.17, 15) is 0 Å². The summed E-state index contributed by atoms with van der Waals surface area (Å²) in [6.45, 7) is 1.27. The number of hydrogen-bond donors (Lipinski definition) is 2. The number of aliphatic hydroxyl groups is 1. The van der Waals surface area contributed by atoms with Crippen LogP contribution in [0.5, 0.6) is 0 Å². The van der Waals surface area contributed by atoms with E-state index in [4.69, 9.17) is 5.11 Å². The standard InChI is InChI=1S/C13H19NOS/c15-8-3-9-16-13-5-2-1-4-11(13)10-14-12-6-7-12/h1-2,4-5,12,14-15H,3,6-10H2. The molecule has 3 heteroatoms. The molecule has 0 heterocycles. The highest BCUT2D eigenvalue weighted by Gasteiger charge is 2.20. The normalized spacial score (nSPS) is 15.3. The maximum Gasteiger partial charge on any atom is 0.0439 e. The van der Waals surface area contributed by atoms with E-state index in [0.717, 1.165) is 24.8 Å². The van der Waals surface area contributed by atoms with E-state index in [-0.39, 0.29) is 6.61 Å². The van der Waals surface area contributed by atoms with Gasteiger partial charge in [-0.1, -0.05) is 18.2 Å². The smallest absolute Gasteiger partial charge is 0.0439 e. The van der Waals surface area contributed by atoms with Crippen LogP contribution in [-0.2, 0) is 6.54 Å². The Labute approximate surface area is 101 Å². The summed E-state index contributed by atoms with van der Waals surface area (Å²) >= 11 is 1.84. The summed E-state index contributed by atoms with van der Waals surface area (Å²) < 4.78 is 0. The van der Waals surface area contributed by atoms with Crippen LogP contribution in [0.2, 0.25) is 0 Å². The summed E-state index contributed by atoms with van der Waals surface area (Å²) in [5.74, 6) is 0.997. The van der Waals surface area contributed by atoms with Crippen LogP contribution < -0.4 is 5.32 Å². The van der Waals surface area contributed by atoms with Gasteiger partial charge in [0.25, 0.3) is 0 Å². The summed E-state index contributed by atoms with van der Waals surface area (Å²) in [5.41, 5.74) is 1.39. The minimum atomic E-state index is 0.287. The molecule has 0 spiro atoms. The highest BCUT2D eigenvalue weighted by atomic mass is 32.2. The van der Waals surface area contributed by atoms with Crippen molar-refractivity contribution < 1.29 is 5.11 Å². The number of hydrogen-bond acceptors (Lipinski definition) is 3. The van der Waals surface area contributed by atoms with Crippen molar-refractivity contribution in [3.63, 3.8) is 0 Å². The number of rotatable bonds is 7. The van der Waals surface area contributed by atoms with Gasteiger partial charge in [-0.3, -0.25) is 0 Å². The molecule has 0 aliphatic heterocycles. The first-order valence-corrected chi connectivity index (χ1v) is 6.93. The van der Waals surface area contributed by atoms with Gasteiger partial charge in [-0.2, -0.15) is 0 Å². The largest absolute Gasteiger partial charge is 0.396 e. The van der Waals surface area contributed by atoms with Crippen LogP contribution in [0.25, 0.3) is 0 Å². The fourth-order valence-corrected chi connectivity index (χ4v) is 2.57. The Bertz CT molecular complexity index is 325. The van der Waals surface area contributed by atoms with Crippen molar-refractivity contribution in [2.45, 2.75) is 36.7 Å². The molecule has 2 rings (SSSR count). The zero-order chi connectivity index (χ0) is 11.2. The van der Waals surface area contributed by atoms with Crippen LogP contribution in [0.3, 0.4) is 0 Å². The molecule has 0 aromatic heterocycles. The molecule has 16 heavy (non-hydrogen) atoms. The van der Waals surface area contributed by atoms with Crippen molar-refractivity contribution in [3.8, 4) is 0 Å². The Morgan fingerprint density at radius 2 is 2.12 bits per heavy atom. The van der Waals surface area contributed by atoms with Crippen molar-refractivity contribution in [2.75, 3.05) is 12.4 Å². The van der Waals surface area contributed by atoms with Crippen LogP contribution >= 0.6 is 11.8 Å². The Hall–Kier alpha value is -0.510. The van der Waals surface area contributed by atoms with Crippen molar-refractivity contribution in [3.05, 3.63) is 29.8 Å². The van der Waals surface area contributed by atoms with E-state index in [1.165, 1.54) is 23.3 Å². The molecular weight excluding hydrogens is 218 g/mol. The summed E-state index contributed by atoms with van der Waals surface area (Å²) in [5, 5.41) is 12.3. The van der Waals surface area contributed by atoms with Gasteiger partial charge in [0.1, 0.15) is 0 Å². The van der Waals surface area contributed by atoms with Gasteiger partial charge < -0.3 is 10.4 Å². The maximum atomic E-state index is 8.77. The Balaban J connectivity index is 1.87. The lowest BCUT2D eigenvalue weighted by Gasteiger charge is -2.09. The summed E-state index contributed by atoms with van der Waals surface area (Å²) in [6.07, 6.45) is 3.54. The van der Waals surface area contributed by atoms with E-state index >= 15 is 0 Å². The topological polar surface area (TPSA) is 32.3 Å². The van der Waals surface area contributed by atoms with Crippen molar-refractivity contribution in [1.29, 1.82) is 0 Å². The predicted molar refractivity (Wildman–Crippen MR) is 68.7 cm³/mol. The molecule has 1 aromatic rings. The van der Waals surface area contributed by atoms with Crippen LogP contribution in [-0.4, -0.2) is 23.5 Å². The van der Waals surface area contributed by atoms with E-state index < -0.39 is 0 Å². The zero-order valence-electron chi connectivity index (χ0n) is 9.48. The van der Waals surface area contributed by atoms with Crippen LogP contribution in [0.1, 0.15) is 24.8 Å². The van der Waals surface area contributed by atoms with Crippen molar-refractivity contribution in [2.24, 2.45) is 0 Å². The third-order valence-corrected chi connectivity index (χ3v) is 3.89. The first kappa shape index (κ1) is 12.0. The molecule has 0 unspecified atom stereocenters. The van der Waals surface area contributed by atoms with Crippen LogP contribution in [0.4, 0.5) is 0 Å². The van der Waals surface area contributed by atoms with Gasteiger partial charge in [-0.25, -0.2) is 0 Å². The molecule has 1 aromatic carbocycles. The zero-order valence-corrected chi connectivity index (χ0v) is 10.3. The maximum absolute atomic E-state index is 8.77. The second-order valence-electron chi connectivity index (χ2n) is 4.19. The highest BCUT2D eigenvalue weighted by Crippen LogP contribution is 2.25. The van der Waals surface area contributed by atoms with E-state index in [2.05, 4.69) is 29.6 Å². The second-order valence-corrected chi connectivity index (χ2v) is 5.33. The molecule has 0 radical (unpaired) electrons. The van der Waals surface area contributed by atoms with Gasteiger partial charge in [0.15, 0.2) is 0 Å². The lowest BCUT2D eigenvalue weighted by Crippen LogP contribution is -2.15. The van der Waals surface area contributed by atoms with E-state index in [0.29, 0.717) is 0 Å². The lowest BCUT2D eigenvalue weighted by atomic mass is 10.2. The van der Waals surface area contributed by atoms with Gasteiger partial charge in [0.2, 0.25) is 0 Å². The average Bonchev–Trinajstić information content (AvgIpc) is 3.12. The van der Waals surface area contributed by atoms with Gasteiger partial charge in [0, 0.05) is 29.8 Å². The fraction of sp³-hybridized carbons (Fsp3) is 0.538. The first-order chi connectivity index (χ1) is 7.90. The molecule has 1 aliphatic rings. The van der Waals surface area contributed by atoms with Crippen molar-refractivity contribution >= 4 is 11.8 Å². The molecule has 2 N–H and O–H groups in total. The van der Waals surface area contributed by atoms with Gasteiger partial charge >= 0.3 is 0 Å². The summed E-state index contributed by atoms with van der Waals surface area (Å²) in [7, 11) is 0. The SMILES string of the molecule is OCCCSc1ccccc1CNC1CC1. The van der Waals surface area contributed by atoms with Crippen LogP contribution in [0, 0.1) is 0 Å². The Morgan fingerprint density at radius 3 is 2.88 bits per heavy atom. The third kappa shape index (κ3) is 3.81. The second kappa shape index (κ2) is 6.28.